The maximum Gasteiger partial charge on any atom is 0.273 e. The first-order valence-corrected chi connectivity index (χ1v) is 6.27. The van der Waals surface area contributed by atoms with Gasteiger partial charge >= 0.3 is 0 Å². The van der Waals surface area contributed by atoms with Crippen molar-refractivity contribution in [3.63, 3.8) is 0 Å². The summed E-state index contributed by atoms with van der Waals surface area (Å²) in [6.45, 7) is 7.90. The summed E-state index contributed by atoms with van der Waals surface area (Å²) in [5.74, 6) is 0.559. The van der Waals surface area contributed by atoms with E-state index in [0.717, 1.165) is 26.1 Å². The Hall–Kier alpha value is -1.62. The molecule has 0 amide bonds. The van der Waals surface area contributed by atoms with E-state index in [9.17, 15) is 10.1 Å². The van der Waals surface area contributed by atoms with E-state index in [1.165, 1.54) is 12.1 Å². The van der Waals surface area contributed by atoms with Crippen LogP contribution in [0.15, 0.2) is 24.3 Å². The van der Waals surface area contributed by atoms with Gasteiger partial charge in [0.15, 0.2) is 0 Å². The van der Waals surface area contributed by atoms with Crippen molar-refractivity contribution in [3.05, 3.63) is 34.4 Å². The van der Waals surface area contributed by atoms with Gasteiger partial charge in [0, 0.05) is 12.6 Å². The molecule has 1 rings (SSSR count). The van der Waals surface area contributed by atoms with Crippen molar-refractivity contribution in [3.8, 4) is 5.75 Å². The van der Waals surface area contributed by atoms with Crippen LogP contribution in [0, 0.1) is 10.1 Å². The summed E-state index contributed by atoms with van der Waals surface area (Å²) in [6, 6.07) is 6.29. The number of rotatable bonds is 8. The number of benzene rings is 1. The summed E-state index contributed by atoms with van der Waals surface area (Å²) in [5, 5.41) is 10.6. The minimum atomic E-state index is -0.414. The van der Waals surface area contributed by atoms with Crippen molar-refractivity contribution in [2.24, 2.45) is 0 Å². The van der Waals surface area contributed by atoms with E-state index in [2.05, 4.69) is 18.7 Å². The fourth-order valence-electron chi connectivity index (χ4n) is 1.70. The van der Waals surface area contributed by atoms with E-state index in [0.29, 0.717) is 12.4 Å². The maximum absolute atomic E-state index is 10.6. The zero-order valence-corrected chi connectivity index (χ0v) is 11.0. The average Bonchev–Trinajstić information content (AvgIpc) is 2.39. The lowest BCUT2D eigenvalue weighted by atomic mass is 10.3. The van der Waals surface area contributed by atoms with Gasteiger partial charge in [0.25, 0.3) is 5.69 Å². The highest BCUT2D eigenvalue weighted by molar-refractivity contribution is 5.37. The fraction of sp³-hybridized carbons (Fsp3) is 0.538. The minimum absolute atomic E-state index is 0.0660. The average molecular weight is 252 g/mol. The summed E-state index contributed by atoms with van der Waals surface area (Å²) in [6.07, 6.45) is 0.921. The summed E-state index contributed by atoms with van der Waals surface area (Å²) < 4.78 is 5.51. The highest BCUT2D eigenvalue weighted by Crippen LogP contribution is 2.19. The zero-order valence-electron chi connectivity index (χ0n) is 11.0. The van der Waals surface area contributed by atoms with Crippen LogP contribution in [0.2, 0.25) is 0 Å². The van der Waals surface area contributed by atoms with Crippen LogP contribution in [0.5, 0.6) is 5.75 Å². The second-order valence-corrected chi connectivity index (χ2v) is 3.98. The Kier molecular flexibility index (Phi) is 6.14. The fourth-order valence-corrected chi connectivity index (χ4v) is 1.70. The second kappa shape index (κ2) is 7.66. The molecule has 100 valence electrons. The van der Waals surface area contributed by atoms with E-state index in [1.54, 1.807) is 12.1 Å². The molecular weight excluding hydrogens is 232 g/mol. The predicted molar refractivity (Wildman–Crippen MR) is 71.0 cm³/mol. The van der Waals surface area contributed by atoms with Crippen molar-refractivity contribution in [1.29, 1.82) is 0 Å². The summed E-state index contributed by atoms with van der Waals surface area (Å²) in [7, 11) is 0. The van der Waals surface area contributed by atoms with Crippen LogP contribution in [0.1, 0.15) is 20.3 Å². The van der Waals surface area contributed by atoms with E-state index in [-0.39, 0.29) is 5.69 Å². The van der Waals surface area contributed by atoms with E-state index >= 15 is 0 Å². The van der Waals surface area contributed by atoms with Crippen molar-refractivity contribution in [2.45, 2.75) is 20.3 Å². The Labute approximate surface area is 108 Å². The monoisotopic (exact) mass is 252 g/mol. The number of hydrogen-bond donors (Lipinski definition) is 0. The molecule has 0 aliphatic rings. The molecule has 0 saturated heterocycles. The molecule has 5 heteroatoms. The van der Waals surface area contributed by atoms with Gasteiger partial charge < -0.3 is 9.64 Å². The Morgan fingerprint density at radius 1 is 1.33 bits per heavy atom. The maximum atomic E-state index is 10.6. The molecule has 0 bridgehead atoms. The first kappa shape index (κ1) is 14.4. The third-order valence-corrected chi connectivity index (χ3v) is 2.81. The van der Waals surface area contributed by atoms with Gasteiger partial charge in [-0.1, -0.05) is 19.9 Å². The second-order valence-electron chi connectivity index (χ2n) is 3.98. The van der Waals surface area contributed by atoms with Crippen LogP contribution in [-0.4, -0.2) is 36.1 Å². The molecule has 0 N–H and O–H groups in total. The molecule has 0 atom stereocenters. The lowest BCUT2D eigenvalue weighted by molar-refractivity contribution is -0.384. The predicted octanol–water partition coefficient (Wildman–Crippen LogP) is 2.71. The van der Waals surface area contributed by atoms with Crippen molar-refractivity contribution in [1.82, 2.24) is 4.90 Å². The molecule has 0 saturated carbocycles. The Balaban J connectivity index is 2.35. The molecule has 0 spiro atoms. The first-order chi connectivity index (χ1) is 8.67. The van der Waals surface area contributed by atoms with Gasteiger partial charge in [-0.2, -0.15) is 0 Å². The van der Waals surface area contributed by atoms with Crippen LogP contribution in [0.3, 0.4) is 0 Å². The van der Waals surface area contributed by atoms with Crippen molar-refractivity contribution in [2.75, 3.05) is 26.2 Å². The normalized spacial score (nSPS) is 10.6. The third-order valence-electron chi connectivity index (χ3n) is 2.81. The first-order valence-electron chi connectivity index (χ1n) is 6.27. The molecule has 0 unspecified atom stereocenters. The van der Waals surface area contributed by atoms with Gasteiger partial charge in [0.2, 0.25) is 0 Å². The van der Waals surface area contributed by atoms with Crippen molar-refractivity contribution >= 4 is 5.69 Å². The Bertz CT molecular complexity index is 378. The lowest BCUT2D eigenvalue weighted by Crippen LogP contribution is -2.25. The van der Waals surface area contributed by atoms with Gasteiger partial charge in [-0.3, -0.25) is 10.1 Å². The lowest BCUT2D eigenvalue weighted by Gasteiger charge is -2.17. The number of nitrogens with zero attached hydrogens (tertiary/aromatic N) is 2. The molecular formula is C13H20N2O3. The summed E-state index contributed by atoms with van der Waals surface area (Å²) in [4.78, 5) is 12.5. The highest BCUT2D eigenvalue weighted by atomic mass is 16.6. The van der Waals surface area contributed by atoms with Gasteiger partial charge in [-0.05, 0) is 25.6 Å². The molecule has 0 fully saturated rings. The molecule has 0 radical (unpaired) electrons. The Morgan fingerprint density at radius 2 is 2.06 bits per heavy atom. The summed E-state index contributed by atoms with van der Waals surface area (Å²) >= 11 is 0. The van der Waals surface area contributed by atoms with E-state index in [4.69, 9.17) is 4.74 Å². The van der Waals surface area contributed by atoms with Crippen molar-refractivity contribution < 1.29 is 9.66 Å². The quantitative estimate of drug-likeness (QED) is 0.405. The van der Waals surface area contributed by atoms with Gasteiger partial charge in [-0.25, -0.2) is 0 Å². The molecule has 1 aromatic rings. The smallest absolute Gasteiger partial charge is 0.273 e. The molecule has 5 nitrogen and oxygen atoms in total. The Morgan fingerprint density at radius 3 is 2.67 bits per heavy atom. The minimum Gasteiger partial charge on any atom is -0.493 e. The molecule has 1 aromatic carbocycles. The largest absolute Gasteiger partial charge is 0.493 e. The SMILES string of the molecule is CCN(CC)CCCOc1cccc([N+](=O)[O-])c1. The number of non-ortho nitro benzene ring substituents is 1. The topological polar surface area (TPSA) is 55.6 Å². The van der Waals surface area contributed by atoms with Crippen LogP contribution in [-0.2, 0) is 0 Å². The van der Waals surface area contributed by atoms with Crippen LogP contribution < -0.4 is 4.74 Å². The van der Waals surface area contributed by atoms with E-state index in [1.807, 2.05) is 0 Å². The van der Waals surface area contributed by atoms with Crippen LogP contribution in [0.4, 0.5) is 5.69 Å². The number of hydrogen-bond acceptors (Lipinski definition) is 4. The zero-order chi connectivity index (χ0) is 13.4. The summed E-state index contributed by atoms with van der Waals surface area (Å²) in [5.41, 5.74) is 0.0660. The molecule has 0 aliphatic carbocycles. The van der Waals surface area contributed by atoms with Crippen LogP contribution in [0.25, 0.3) is 0 Å². The molecule has 0 aliphatic heterocycles. The van der Waals surface area contributed by atoms with Gasteiger partial charge in [0.1, 0.15) is 5.75 Å². The molecule has 0 aromatic heterocycles. The number of nitro groups is 1. The van der Waals surface area contributed by atoms with E-state index < -0.39 is 4.92 Å². The van der Waals surface area contributed by atoms with Gasteiger partial charge in [0.05, 0.1) is 17.6 Å². The molecule has 0 heterocycles. The number of ether oxygens (including phenoxy) is 1. The molecule has 18 heavy (non-hydrogen) atoms. The van der Waals surface area contributed by atoms with Gasteiger partial charge in [-0.15, -0.1) is 0 Å². The highest BCUT2D eigenvalue weighted by Gasteiger charge is 2.06. The van der Waals surface area contributed by atoms with Crippen LogP contribution >= 0.6 is 0 Å². The standard InChI is InChI=1S/C13H20N2O3/c1-3-14(4-2)9-6-10-18-13-8-5-7-12(11-13)15(16)17/h5,7-8,11H,3-4,6,9-10H2,1-2H3. The number of nitro benzene ring substituents is 1. The third kappa shape index (κ3) is 4.71.